The number of hydrogen-bond donors (Lipinski definition) is 1. The molecule has 1 atom stereocenters. The minimum atomic E-state index is -3.07. The van der Waals surface area contributed by atoms with Gasteiger partial charge in [0.2, 0.25) is 0 Å². The Morgan fingerprint density at radius 2 is 2.12 bits per heavy atom. The van der Waals surface area contributed by atoms with Crippen molar-refractivity contribution in [3.05, 3.63) is 29.8 Å². The molecule has 0 bridgehead atoms. The van der Waals surface area contributed by atoms with E-state index in [1.165, 1.54) is 7.11 Å². The van der Waals surface area contributed by atoms with Crippen LogP contribution in [0.5, 0.6) is 11.5 Å². The van der Waals surface area contributed by atoms with Gasteiger partial charge in [-0.1, -0.05) is 18.2 Å². The van der Waals surface area contributed by atoms with E-state index in [9.17, 15) is 13.2 Å². The van der Waals surface area contributed by atoms with E-state index in [2.05, 4.69) is 5.32 Å². The molecule has 1 amide bonds. The maximum Gasteiger partial charge on any atom is 0.258 e. The van der Waals surface area contributed by atoms with Crippen LogP contribution in [0, 0.1) is 0 Å². The van der Waals surface area contributed by atoms with Crippen LogP contribution in [0.2, 0.25) is 0 Å². The molecule has 1 heterocycles. The number of sulfone groups is 1. The molecule has 1 N–H and O–H groups in total. The fourth-order valence-corrected chi connectivity index (χ4v) is 4.82. The second-order valence-electron chi connectivity index (χ2n) is 6.15. The van der Waals surface area contributed by atoms with Crippen LogP contribution in [0.3, 0.4) is 0 Å². The topological polar surface area (TPSA) is 81.7 Å². The van der Waals surface area contributed by atoms with Gasteiger partial charge in [-0.15, -0.1) is 0 Å². The van der Waals surface area contributed by atoms with Crippen molar-refractivity contribution in [2.75, 3.05) is 25.2 Å². The van der Waals surface area contributed by atoms with Crippen molar-refractivity contribution in [1.82, 2.24) is 5.32 Å². The molecule has 1 fully saturated rings. The van der Waals surface area contributed by atoms with Crippen LogP contribution in [0.4, 0.5) is 0 Å². The van der Waals surface area contributed by atoms with Crippen molar-refractivity contribution in [3.63, 3.8) is 0 Å². The highest BCUT2D eigenvalue weighted by atomic mass is 32.2. The number of hydrogen-bond acceptors (Lipinski definition) is 5. The van der Waals surface area contributed by atoms with E-state index in [1.807, 2.05) is 31.2 Å². The van der Waals surface area contributed by atoms with E-state index >= 15 is 0 Å². The van der Waals surface area contributed by atoms with Crippen molar-refractivity contribution >= 4 is 21.8 Å². The molecule has 0 aliphatic carbocycles. The number of carbonyl (C=O) groups is 1. The van der Waals surface area contributed by atoms with Crippen molar-refractivity contribution in [2.45, 2.75) is 25.8 Å². The lowest BCUT2D eigenvalue weighted by atomic mass is 10.0. The SMILES string of the molecule is CC=Cc1ccc(OCC(=O)NC2(C)CCS(=O)(=O)C2)c(OC)c1. The first-order chi connectivity index (χ1) is 11.3. The van der Waals surface area contributed by atoms with Gasteiger partial charge in [0.1, 0.15) is 0 Å². The summed E-state index contributed by atoms with van der Waals surface area (Å²) >= 11 is 0. The summed E-state index contributed by atoms with van der Waals surface area (Å²) in [5.74, 6) is 0.713. The number of nitrogens with one attached hydrogen (secondary N) is 1. The number of rotatable bonds is 6. The molecule has 1 aromatic rings. The van der Waals surface area contributed by atoms with Crippen LogP contribution in [0.1, 0.15) is 25.8 Å². The standard InChI is InChI=1S/C17H23NO5S/c1-4-5-13-6-7-14(15(10-13)22-3)23-11-16(19)18-17(2)8-9-24(20,21)12-17/h4-7,10H,8-9,11-12H2,1-3H3,(H,18,19). The quantitative estimate of drug-likeness (QED) is 0.843. The van der Waals surface area contributed by atoms with Gasteiger partial charge in [0.15, 0.2) is 27.9 Å². The molecule has 7 heteroatoms. The molecule has 0 spiro atoms. The molecule has 2 rings (SSSR count). The first kappa shape index (κ1) is 18.3. The molecule has 1 saturated heterocycles. The number of allylic oxidation sites excluding steroid dienone is 1. The smallest absolute Gasteiger partial charge is 0.258 e. The van der Waals surface area contributed by atoms with Gasteiger partial charge < -0.3 is 14.8 Å². The molecule has 0 saturated carbocycles. The van der Waals surface area contributed by atoms with Crippen molar-refractivity contribution in [1.29, 1.82) is 0 Å². The largest absolute Gasteiger partial charge is 0.493 e. The van der Waals surface area contributed by atoms with E-state index < -0.39 is 15.4 Å². The highest BCUT2D eigenvalue weighted by Crippen LogP contribution is 2.28. The molecule has 132 valence electrons. The first-order valence-corrected chi connectivity index (χ1v) is 9.54. The Bertz CT molecular complexity index is 741. The molecular weight excluding hydrogens is 330 g/mol. The summed E-state index contributed by atoms with van der Waals surface area (Å²) in [7, 11) is -1.54. The van der Waals surface area contributed by atoms with Crippen molar-refractivity contribution < 1.29 is 22.7 Å². The van der Waals surface area contributed by atoms with Gasteiger partial charge in [-0.25, -0.2) is 8.42 Å². The van der Waals surface area contributed by atoms with E-state index in [-0.39, 0.29) is 24.0 Å². The second kappa shape index (κ2) is 7.25. The number of methoxy groups -OCH3 is 1. The first-order valence-electron chi connectivity index (χ1n) is 7.72. The molecule has 1 aliphatic heterocycles. The summed E-state index contributed by atoms with van der Waals surface area (Å²) < 4.78 is 33.9. The van der Waals surface area contributed by atoms with Gasteiger partial charge in [-0.05, 0) is 38.0 Å². The number of benzene rings is 1. The molecule has 6 nitrogen and oxygen atoms in total. The van der Waals surface area contributed by atoms with Gasteiger partial charge >= 0.3 is 0 Å². The van der Waals surface area contributed by atoms with Crippen molar-refractivity contribution in [2.24, 2.45) is 0 Å². The average molecular weight is 353 g/mol. The van der Waals surface area contributed by atoms with Crippen molar-refractivity contribution in [3.8, 4) is 11.5 Å². The average Bonchev–Trinajstić information content (AvgIpc) is 2.79. The maximum atomic E-state index is 12.1. The molecule has 1 aliphatic rings. The normalized spacial score (nSPS) is 22.5. The number of amides is 1. The van der Waals surface area contributed by atoms with E-state index in [1.54, 1.807) is 13.0 Å². The van der Waals surface area contributed by atoms with Crippen LogP contribution in [-0.2, 0) is 14.6 Å². The minimum Gasteiger partial charge on any atom is -0.493 e. The van der Waals surface area contributed by atoms with Crippen LogP contribution in [-0.4, -0.2) is 45.1 Å². The van der Waals surface area contributed by atoms with Crippen LogP contribution >= 0.6 is 0 Å². The molecule has 24 heavy (non-hydrogen) atoms. The summed E-state index contributed by atoms with van der Waals surface area (Å²) in [6, 6.07) is 5.42. The lowest BCUT2D eigenvalue weighted by Crippen LogP contribution is -2.48. The van der Waals surface area contributed by atoms with Gasteiger partial charge in [0.05, 0.1) is 24.2 Å². The third kappa shape index (κ3) is 4.74. The molecule has 1 aromatic carbocycles. The zero-order valence-electron chi connectivity index (χ0n) is 14.2. The zero-order chi connectivity index (χ0) is 17.8. The second-order valence-corrected chi connectivity index (χ2v) is 8.33. The molecule has 0 radical (unpaired) electrons. The Morgan fingerprint density at radius 1 is 1.38 bits per heavy atom. The summed E-state index contributed by atoms with van der Waals surface area (Å²) in [5.41, 5.74) is 0.244. The third-order valence-electron chi connectivity index (χ3n) is 3.85. The van der Waals surface area contributed by atoms with Gasteiger partial charge in [-0.3, -0.25) is 4.79 Å². The third-order valence-corrected chi connectivity index (χ3v) is 5.75. The number of carbonyl (C=O) groups excluding carboxylic acids is 1. The van der Waals surface area contributed by atoms with E-state index in [4.69, 9.17) is 9.47 Å². The maximum absolute atomic E-state index is 12.1. The Labute approximate surface area is 142 Å². The summed E-state index contributed by atoms with van der Waals surface area (Å²) in [6.07, 6.45) is 4.27. The monoisotopic (exact) mass is 353 g/mol. The fraction of sp³-hybridized carbons (Fsp3) is 0.471. The van der Waals surface area contributed by atoms with Crippen LogP contribution in [0.15, 0.2) is 24.3 Å². The number of ether oxygens (including phenoxy) is 2. The lowest BCUT2D eigenvalue weighted by Gasteiger charge is -2.24. The summed E-state index contributed by atoms with van der Waals surface area (Å²) in [6.45, 7) is 3.46. The Balaban J connectivity index is 1.97. The Hall–Kier alpha value is -2.02. The predicted molar refractivity (Wildman–Crippen MR) is 93.0 cm³/mol. The molecular formula is C17H23NO5S. The lowest BCUT2D eigenvalue weighted by molar-refractivity contribution is -0.124. The highest BCUT2D eigenvalue weighted by molar-refractivity contribution is 7.91. The zero-order valence-corrected chi connectivity index (χ0v) is 15.0. The Morgan fingerprint density at radius 3 is 2.71 bits per heavy atom. The van der Waals surface area contributed by atoms with Gasteiger partial charge in [0.25, 0.3) is 5.91 Å². The van der Waals surface area contributed by atoms with E-state index in [0.29, 0.717) is 17.9 Å². The Kier molecular flexibility index (Phi) is 5.54. The predicted octanol–water partition coefficient (Wildman–Crippen LogP) is 1.80. The van der Waals surface area contributed by atoms with Crippen LogP contribution < -0.4 is 14.8 Å². The minimum absolute atomic E-state index is 0.0346. The van der Waals surface area contributed by atoms with Gasteiger partial charge in [-0.2, -0.15) is 0 Å². The summed E-state index contributed by atoms with van der Waals surface area (Å²) in [5, 5.41) is 2.76. The van der Waals surface area contributed by atoms with E-state index in [0.717, 1.165) is 5.56 Å². The molecule has 1 unspecified atom stereocenters. The fourth-order valence-electron chi connectivity index (χ4n) is 2.72. The van der Waals surface area contributed by atoms with Gasteiger partial charge in [0, 0.05) is 0 Å². The van der Waals surface area contributed by atoms with Crippen LogP contribution in [0.25, 0.3) is 6.08 Å². The molecule has 0 aromatic heterocycles. The highest BCUT2D eigenvalue weighted by Gasteiger charge is 2.39. The summed E-state index contributed by atoms with van der Waals surface area (Å²) in [4.78, 5) is 12.1.